The zero-order valence-electron chi connectivity index (χ0n) is 6.67. The summed E-state index contributed by atoms with van der Waals surface area (Å²) >= 11 is 4.31. The molecule has 2 nitrogen and oxygen atoms in total. The predicted octanol–water partition coefficient (Wildman–Crippen LogP) is 3.25. The Morgan fingerprint density at radius 3 is 2.57 bits per heavy atom. The molecule has 0 amide bonds. The second-order valence-electron chi connectivity index (χ2n) is 2.48. The van der Waals surface area contributed by atoms with Crippen LogP contribution in [-0.2, 0) is 0 Å². The highest BCUT2D eigenvalue weighted by Gasteiger charge is 2.10. The minimum Gasteiger partial charge on any atom is -0.207 e. The lowest BCUT2D eigenvalue weighted by Crippen LogP contribution is -1.85. The first kappa shape index (κ1) is 9.67. The molecular formula is C8H3BrF2N2S. The van der Waals surface area contributed by atoms with Gasteiger partial charge in [0.05, 0.1) is 0 Å². The fourth-order valence-electron chi connectivity index (χ4n) is 0.977. The largest absolute Gasteiger partial charge is 0.207 e. The molecule has 0 saturated carbocycles. The van der Waals surface area contributed by atoms with Crippen molar-refractivity contribution in [2.75, 3.05) is 0 Å². The van der Waals surface area contributed by atoms with Crippen molar-refractivity contribution in [1.82, 2.24) is 10.2 Å². The summed E-state index contributed by atoms with van der Waals surface area (Å²) < 4.78 is 26.4. The van der Waals surface area contributed by atoms with Crippen LogP contribution in [0.15, 0.2) is 22.1 Å². The van der Waals surface area contributed by atoms with E-state index in [0.717, 1.165) is 6.07 Å². The van der Waals surface area contributed by atoms with Crippen LogP contribution in [0, 0.1) is 11.6 Å². The Balaban J connectivity index is 2.52. The van der Waals surface area contributed by atoms with E-state index in [-0.39, 0.29) is 5.56 Å². The van der Waals surface area contributed by atoms with Gasteiger partial charge in [0.15, 0.2) is 8.92 Å². The molecule has 0 spiro atoms. The predicted molar refractivity (Wildman–Crippen MR) is 53.0 cm³/mol. The first-order valence-corrected chi connectivity index (χ1v) is 5.22. The van der Waals surface area contributed by atoms with Crippen LogP contribution in [0.25, 0.3) is 10.6 Å². The Kier molecular flexibility index (Phi) is 2.56. The van der Waals surface area contributed by atoms with Gasteiger partial charge in [0.2, 0.25) is 0 Å². The molecule has 0 aliphatic carbocycles. The minimum atomic E-state index is -0.631. The van der Waals surface area contributed by atoms with E-state index in [2.05, 4.69) is 26.1 Å². The quantitative estimate of drug-likeness (QED) is 0.799. The monoisotopic (exact) mass is 276 g/mol. The van der Waals surface area contributed by atoms with Crippen LogP contribution >= 0.6 is 27.3 Å². The van der Waals surface area contributed by atoms with Gasteiger partial charge in [0.1, 0.15) is 11.6 Å². The summed E-state index contributed by atoms with van der Waals surface area (Å²) in [6.07, 6.45) is 0. The normalized spacial score (nSPS) is 10.5. The number of halogens is 3. The lowest BCUT2D eigenvalue weighted by molar-refractivity contribution is 0.585. The van der Waals surface area contributed by atoms with E-state index in [9.17, 15) is 8.78 Å². The summed E-state index contributed by atoms with van der Waals surface area (Å²) in [7, 11) is 0. The van der Waals surface area contributed by atoms with Gasteiger partial charge >= 0.3 is 0 Å². The van der Waals surface area contributed by atoms with Gasteiger partial charge in [-0.3, -0.25) is 0 Å². The molecule has 0 atom stereocenters. The molecule has 0 bridgehead atoms. The van der Waals surface area contributed by atoms with Crippen LogP contribution in [0.1, 0.15) is 0 Å². The molecule has 0 fully saturated rings. The Morgan fingerprint density at radius 1 is 1.21 bits per heavy atom. The smallest absolute Gasteiger partial charge is 0.183 e. The van der Waals surface area contributed by atoms with Gasteiger partial charge in [-0.2, -0.15) is 0 Å². The number of rotatable bonds is 1. The van der Waals surface area contributed by atoms with E-state index in [1.54, 1.807) is 0 Å². The molecule has 0 aliphatic heterocycles. The lowest BCUT2D eigenvalue weighted by Gasteiger charge is -1.96. The second-order valence-corrected chi connectivity index (χ2v) is 4.74. The maximum Gasteiger partial charge on any atom is 0.183 e. The van der Waals surface area contributed by atoms with Crippen molar-refractivity contribution in [2.24, 2.45) is 0 Å². The highest BCUT2D eigenvalue weighted by molar-refractivity contribution is 9.11. The Bertz CT molecular complexity index is 472. The molecule has 0 radical (unpaired) electrons. The van der Waals surface area contributed by atoms with Crippen molar-refractivity contribution < 1.29 is 8.78 Å². The average Bonchev–Trinajstić information content (AvgIpc) is 2.51. The average molecular weight is 277 g/mol. The SMILES string of the molecule is Fc1ccc(-c2nnc(Br)s2)c(F)c1. The van der Waals surface area contributed by atoms with Gasteiger partial charge in [0, 0.05) is 11.6 Å². The van der Waals surface area contributed by atoms with Crippen molar-refractivity contribution >= 4 is 27.3 Å². The molecule has 6 heteroatoms. The van der Waals surface area contributed by atoms with Crippen LogP contribution in [0.4, 0.5) is 8.78 Å². The Hall–Kier alpha value is -0.880. The summed E-state index contributed by atoms with van der Waals surface area (Å²) in [4.78, 5) is 0. The molecule has 2 rings (SSSR count). The molecule has 0 aliphatic rings. The first-order valence-electron chi connectivity index (χ1n) is 3.61. The highest BCUT2D eigenvalue weighted by atomic mass is 79.9. The van der Waals surface area contributed by atoms with E-state index < -0.39 is 11.6 Å². The zero-order chi connectivity index (χ0) is 10.1. The van der Waals surface area contributed by atoms with Gasteiger partial charge in [-0.25, -0.2) is 8.78 Å². The van der Waals surface area contributed by atoms with E-state index >= 15 is 0 Å². The van der Waals surface area contributed by atoms with Crippen molar-refractivity contribution in [3.8, 4) is 10.6 Å². The molecule has 1 aromatic heterocycles. The van der Waals surface area contributed by atoms with Crippen LogP contribution in [0.3, 0.4) is 0 Å². The molecule has 0 unspecified atom stereocenters. The lowest BCUT2D eigenvalue weighted by atomic mass is 10.2. The maximum absolute atomic E-state index is 13.2. The van der Waals surface area contributed by atoms with Gasteiger partial charge in [-0.15, -0.1) is 10.2 Å². The standard InChI is InChI=1S/C8H3BrF2N2S/c9-8-13-12-7(14-8)5-2-1-4(10)3-6(5)11/h1-3H. The van der Waals surface area contributed by atoms with E-state index in [1.165, 1.54) is 23.5 Å². The third kappa shape index (κ3) is 1.80. The Labute approximate surface area is 90.7 Å². The number of benzene rings is 1. The number of nitrogens with zero attached hydrogens (tertiary/aromatic N) is 2. The first-order chi connectivity index (χ1) is 6.66. The van der Waals surface area contributed by atoms with E-state index in [1.807, 2.05) is 0 Å². The topological polar surface area (TPSA) is 25.8 Å². The number of hydrogen-bond acceptors (Lipinski definition) is 3. The summed E-state index contributed by atoms with van der Waals surface area (Å²) in [5, 5.41) is 7.84. The molecule has 0 saturated heterocycles. The Morgan fingerprint density at radius 2 is 2.00 bits per heavy atom. The molecule has 1 heterocycles. The van der Waals surface area contributed by atoms with Gasteiger partial charge < -0.3 is 0 Å². The molecule has 14 heavy (non-hydrogen) atoms. The summed E-state index contributed by atoms with van der Waals surface area (Å²) in [5.41, 5.74) is 0.259. The molecule has 1 aromatic carbocycles. The van der Waals surface area contributed by atoms with E-state index in [4.69, 9.17) is 0 Å². The molecule has 0 N–H and O–H groups in total. The number of aromatic nitrogens is 2. The van der Waals surface area contributed by atoms with Crippen molar-refractivity contribution in [2.45, 2.75) is 0 Å². The van der Waals surface area contributed by atoms with Crippen LogP contribution in [0.5, 0.6) is 0 Å². The highest BCUT2D eigenvalue weighted by Crippen LogP contribution is 2.28. The van der Waals surface area contributed by atoms with Gasteiger partial charge in [-0.1, -0.05) is 11.3 Å². The summed E-state index contributed by atoms with van der Waals surface area (Å²) in [6.45, 7) is 0. The minimum absolute atomic E-state index is 0.259. The third-order valence-corrected chi connectivity index (χ3v) is 2.95. The van der Waals surface area contributed by atoms with Crippen molar-refractivity contribution in [1.29, 1.82) is 0 Å². The summed E-state index contributed by atoms with van der Waals surface area (Å²) in [5.74, 6) is -1.23. The van der Waals surface area contributed by atoms with Gasteiger partial charge in [0.25, 0.3) is 0 Å². The molecule has 2 aromatic rings. The van der Waals surface area contributed by atoms with Crippen LogP contribution in [-0.4, -0.2) is 10.2 Å². The second kappa shape index (κ2) is 3.70. The third-order valence-electron chi connectivity index (χ3n) is 1.56. The molecular weight excluding hydrogens is 274 g/mol. The maximum atomic E-state index is 13.2. The number of hydrogen-bond donors (Lipinski definition) is 0. The van der Waals surface area contributed by atoms with Crippen molar-refractivity contribution in [3.05, 3.63) is 33.8 Å². The fraction of sp³-hybridized carbons (Fsp3) is 0. The molecule has 72 valence electrons. The van der Waals surface area contributed by atoms with Crippen LogP contribution in [0.2, 0.25) is 0 Å². The van der Waals surface area contributed by atoms with Crippen molar-refractivity contribution in [3.63, 3.8) is 0 Å². The zero-order valence-corrected chi connectivity index (χ0v) is 9.07. The van der Waals surface area contributed by atoms with E-state index in [0.29, 0.717) is 8.92 Å². The fourth-order valence-corrected chi connectivity index (χ4v) is 2.11. The van der Waals surface area contributed by atoms with Gasteiger partial charge in [-0.05, 0) is 28.1 Å². The van der Waals surface area contributed by atoms with Crippen LogP contribution < -0.4 is 0 Å². The summed E-state index contributed by atoms with van der Waals surface area (Å²) in [6, 6.07) is 3.36.